The molecule has 7 nitrogen and oxygen atoms in total. The van der Waals surface area contributed by atoms with E-state index in [9.17, 15) is 9.59 Å². The highest BCUT2D eigenvalue weighted by Crippen LogP contribution is 2.34. The summed E-state index contributed by atoms with van der Waals surface area (Å²) in [4.78, 5) is 27.8. The van der Waals surface area contributed by atoms with Crippen molar-refractivity contribution in [1.82, 2.24) is 25.0 Å². The Morgan fingerprint density at radius 1 is 1.19 bits per heavy atom. The van der Waals surface area contributed by atoms with Gasteiger partial charge < -0.3 is 14.8 Å². The lowest BCUT2D eigenvalue weighted by molar-refractivity contribution is 0.0694. The zero-order valence-corrected chi connectivity index (χ0v) is 15.5. The highest BCUT2D eigenvalue weighted by atomic mass is 32.1. The molecule has 0 bridgehead atoms. The van der Waals surface area contributed by atoms with E-state index >= 15 is 0 Å². The fourth-order valence-corrected chi connectivity index (χ4v) is 5.19. The van der Waals surface area contributed by atoms with Crippen molar-refractivity contribution in [3.8, 4) is 0 Å². The fraction of sp³-hybridized carbons (Fsp3) is 0.368. The number of fused-ring (bicyclic) bond motifs is 3. The average Bonchev–Trinajstić information content (AvgIpc) is 3.36. The molecule has 138 valence electrons. The molecule has 0 unspecified atom stereocenters. The average molecular weight is 381 g/mol. The molecule has 4 heterocycles. The molecular weight excluding hydrogens is 362 g/mol. The van der Waals surface area contributed by atoms with Gasteiger partial charge in [0.1, 0.15) is 12.7 Å². The second-order valence-corrected chi connectivity index (χ2v) is 8.11. The summed E-state index contributed by atoms with van der Waals surface area (Å²) in [5, 5.41) is 11.7. The van der Waals surface area contributed by atoms with Gasteiger partial charge in [-0.15, -0.1) is 21.5 Å². The SMILES string of the molecule is O=C1NCCc2c1sc1ccc(C(=O)N3CCC(n4cnnc4)CC3)cc21. The van der Waals surface area contributed by atoms with Gasteiger partial charge in [0.2, 0.25) is 0 Å². The minimum absolute atomic E-state index is 0.00129. The lowest BCUT2D eigenvalue weighted by atomic mass is 10.0. The van der Waals surface area contributed by atoms with Gasteiger partial charge in [-0.1, -0.05) is 0 Å². The van der Waals surface area contributed by atoms with Crippen LogP contribution in [-0.2, 0) is 6.42 Å². The monoisotopic (exact) mass is 381 g/mol. The van der Waals surface area contributed by atoms with Crippen LogP contribution in [0.5, 0.6) is 0 Å². The topological polar surface area (TPSA) is 80.1 Å². The van der Waals surface area contributed by atoms with Crippen LogP contribution < -0.4 is 5.32 Å². The first kappa shape index (κ1) is 16.4. The van der Waals surface area contributed by atoms with Gasteiger partial charge in [-0.05, 0) is 48.4 Å². The molecule has 1 aromatic carbocycles. The third-order valence-electron chi connectivity index (χ3n) is 5.51. The highest BCUT2D eigenvalue weighted by molar-refractivity contribution is 7.21. The van der Waals surface area contributed by atoms with E-state index in [0.29, 0.717) is 18.2 Å². The van der Waals surface area contributed by atoms with E-state index in [-0.39, 0.29) is 11.8 Å². The van der Waals surface area contributed by atoms with E-state index in [4.69, 9.17) is 0 Å². The number of amides is 2. The predicted octanol–water partition coefficient (Wildman–Crippen LogP) is 2.26. The first-order valence-electron chi connectivity index (χ1n) is 9.18. The number of piperidine rings is 1. The van der Waals surface area contributed by atoms with E-state index in [0.717, 1.165) is 52.9 Å². The second-order valence-electron chi connectivity index (χ2n) is 7.06. The molecule has 1 fully saturated rings. The number of carbonyl (C=O) groups excluding carboxylic acids is 2. The van der Waals surface area contributed by atoms with Gasteiger partial charge in [0.25, 0.3) is 11.8 Å². The first-order valence-corrected chi connectivity index (χ1v) is 9.99. The molecule has 1 saturated heterocycles. The van der Waals surface area contributed by atoms with Crippen LogP contribution in [0.15, 0.2) is 30.9 Å². The van der Waals surface area contributed by atoms with Crippen molar-refractivity contribution >= 4 is 33.2 Å². The summed E-state index contributed by atoms with van der Waals surface area (Å²) in [6, 6.07) is 6.19. The van der Waals surface area contributed by atoms with Crippen LogP contribution >= 0.6 is 11.3 Å². The Morgan fingerprint density at radius 2 is 1.96 bits per heavy atom. The number of hydrogen-bond donors (Lipinski definition) is 1. The molecule has 2 aromatic heterocycles. The molecule has 2 amide bonds. The molecule has 0 radical (unpaired) electrons. The number of aromatic nitrogens is 3. The van der Waals surface area contributed by atoms with E-state index in [1.54, 1.807) is 12.7 Å². The van der Waals surface area contributed by atoms with Crippen molar-refractivity contribution in [2.45, 2.75) is 25.3 Å². The Hall–Kier alpha value is -2.74. The van der Waals surface area contributed by atoms with Gasteiger partial charge in [0, 0.05) is 35.9 Å². The molecule has 0 saturated carbocycles. The molecular formula is C19H19N5O2S. The Balaban J connectivity index is 1.37. The molecule has 27 heavy (non-hydrogen) atoms. The number of benzene rings is 1. The molecule has 5 rings (SSSR count). The van der Waals surface area contributed by atoms with Crippen molar-refractivity contribution in [3.63, 3.8) is 0 Å². The summed E-state index contributed by atoms with van der Waals surface area (Å²) in [7, 11) is 0. The van der Waals surface area contributed by atoms with E-state index in [1.807, 2.05) is 27.7 Å². The quantitative estimate of drug-likeness (QED) is 0.738. The number of thiophene rings is 1. The van der Waals surface area contributed by atoms with Gasteiger partial charge in [0.15, 0.2) is 0 Å². The summed E-state index contributed by atoms with van der Waals surface area (Å²) >= 11 is 1.51. The lowest BCUT2D eigenvalue weighted by Crippen LogP contribution is -2.38. The summed E-state index contributed by atoms with van der Waals surface area (Å²) in [6.07, 6.45) is 6.11. The Labute approximate surface area is 160 Å². The number of hydrogen-bond acceptors (Lipinski definition) is 5. The number of nitrogens with zero attached hydrogens (tertiary/aromatic N) is 4. The predicted molar refractivity (Wildman–Crippen MR) is 102 cm³/mol. The number of likely N-dealkylation sites (tertiary alicyclic amines) is 1. The van der Waals surface area contributed by atoms with Crippen LogP contribution in [0.2, 0.25) is 0 Å². The molecule has 2 aliphatic heterocycles. The number of rotatable bonds is 2. The van der Waals surface area contributed by atoms with Gasteiger partial charge in [-0.3, -0.25) is 9.59 Å². The Bertz CT molecular complexity index is 1020. The van der Waals surface area contributed by atoms with Crippen LogP contribution in [-0.4, -0.2) is 51.1 Å². The van der Waals surface area contributed by atoms with Gasteiger partial charge in [-0.2, -0.15) is 0 Å². The minimum Gasteiger partial charge on any atom is -0.351 e. The third kappa shape index (κ3) is 2.80. The molecule has 0 spiro atoms. The lowest BCUT2D eigenvalue weighted by Gasteiger charge is -2.32. The number of nitrogens with one attached hydrogen (secondary N) is 1. The minimum atomic E-state index is 0.00129. The maximum atomic E-state index is 13.0. The van der Waals surface area contributed by atoms with Gasteiger partial charge in [-0.25, -0.2) is 0 Å². The molecule has 2 aliphatic rings. The van der Waals surface area contributed by atoms with Crippen LogP contribution in [0.25, 0.3) is 10.1 Å². The maximum Gasteiger partial charge on any atom is 0.261 e. The van der Waals surface area contributed by atoms with Crippen LogP contribution in [0.1, 0.15) is 44.5 Å². The smallest absolute Gasteiger partial charge is 0.261 e. The molecule has 8 heteroatoms. The molecule has 0 aliphatic carbocycles. The van der Waals surface area contributed by atoms with Gasteiger partial charge >= 0.3 is 0 Å². The van der Waals surface area contributed by atoms with E-state index < -0.39 is 0 Å². The third-order valence-corrected chi connectivity index (χ3v) is 6.73. The van der Waals surface area contributed by atoms with Gasteiger partial charge in [0.05, 0.1) is 4.88 Å². The maximum absolute atomic E-state index is 13.0. The highest BCUT2D eigenvalue weighted by Gasteiger charge is 2.26. The fourth-order valence-electron chi connectivity index (χ4n) is 4.04. The van der Waals surface area contributed by atoms with Crippen molar-refractivity contribution in [3.05, 3.63) is 46.9 Å². The van der Waals surface area contributed by atoms with Crippen molar-refractivity contribution in [2.75, 3.05) is 19.6 Å². The van der Waals surface area contributed by atoms with Crippen molar-refractivity contribution < 1.29 is 9.59 Å². The molecule has 0 atom stereocenters. The van der Waals surface area contributed by atoms with Crippen LogP contribution in [0, 0.1) is 0 Å². The summed E-state index contributed by atoms with van der Waals surface area (Å²) < 4.78 is 3.09. The Morgan fingerprint density at radius 3 is 2.74 bits per heavy atom. The van der Waals surface area contributed by atoms with Crippen molar-refractivity contribution in [2.24, 2.45) is 0 Å². The second kappa shape index (κ2) is 6.45. The summed E-state index contributed by atoms with van der Waals surface area (Å²) in [5.41, 5.74) is 1.79. The number of carbonyl (C=O) groups is 2. The molecule has 1 N–H and O–H groups in total. The summed E-state index contributed by atoms with van der Waals surface area (Å²) in [5.74, 6) is 0.0701. The first-order chi connectivity index (χ1) is 13.2. The van der Waals surface area contributed by atoms with Crippen LogP contribution in [0.3, 0.4) is 0 Å². The van der Waals surface area contributed by atoms with E-state index in [1.165, 1.54) is 11.3 Å². The van der Waals surface area contributed by atoms with Crippen LogP contribution in [0.4, 0.5) is 0 Å². The van der Waals surface area contributed by atoms with E-state index in [2.05, 4.69) is 15.5 Å². The van der Waals surface area contributed by atoms with Crippen molar-refractivity contribution in [1.29, 1.82) is 0 Å². The normalized spacial score (nSPS) is 17.8. The standard InChI is InChI=1S/C19H19N5O2S/c25-18-17-14(3-6-20-18)15-9-12(1-2-16(15)27-17)19(26)23-7-4-13(5-8-23)24-10-21-22-11-24/h1-2,9-11,13H,3-8H2,(H,20,25). The summed E-state index contributed by atoms with van der Waals surface area (Å²) in [6.45, 7) is 2.11. The Kier molecular flexibility index (Phi) is 3.93. The zero-order chi connectivity index (χ0) is 18.4. The zero-order valence-electron chi connectivity index (χ0n) is 14.7. The molecule has 3 aromatic rings. The largest absolute Gasteiger partial charge is 0.351 e.